The minimum absolute atomic E-state index is 0.242. The van der Waals surface area contributed by atoms with E-state index in [1.54, 1.807) is 0 Å². The van der Waals surface area contributed by atoms with E-state index in [9.17, 15) is 4.39 Å². The Kier molecular flexibility index (Phi) is 4.77. The largest absolute Gasteiger partial charge is 0.374 e. The highest BCUT2D eigenvalue weighted by Crippen LogP contribution is 2.27. The molecule has 0 amide bonds. The van der Waals surface area contributed by atoms with Gasteiger partial charge in [-0.1, -0.05) is 13.8 Å². The van der Waals surface area contributed by atoms with Crippen molar-refractivity contribution in [1.29, 1.82) is 0 Å². The quantitative estimate of drug-likeness (QED) is 0.809. The highest BCUT2D eigenvalue weighted by atomic mass is 19.1. The summed E-state index contributed by atoms with van der Waals surface area (Å²) < 4.78 is 19.7. The lowest BCUT2D eigenvalue weighted by molar-refractivity contribution is -0.0164. The minimum Gasteiger partial charge on any atom is -0.374 e. The molecule has 100 valence electrons. The van der Waals surface area contributed by atoms with Gasteiger partial charge in [-0.05, 0) is 24.8 Å². The second kappa shape index (κ2) is 6.12. The predicted molar refractivity (Wildman–Crippen MR) is 66.9 cm³/mol. The molecular formula is C13H25FN2O. The first-order valence-electron chi connectivity index (χ1n) is 6.85. The Morgan fingerprint density at radius 2 is 2.29 bits per heavy atom. The Morgan fingerprint density at radius 3 is 2.88 bits per heavy atom. The van der Waals surface area contributed by atoms with Crippen LogP contribution in [-0.2, 0) is 4.74 Å². The van der Waals surface area contributed by atoms with Crippen LogP contribution >= 0.6 is 0 Å². The molecule has 0 aromatic heterocycles. The normalized spacial score (nSPS) is 36.4. The number of hydrogen-bond acceptors (Lipinski definition) is 3. The second-order valence-electron chi connectivity index (χ2n) is 5.67. The first kappa shape index (κ1) is 13.2. The lowest BCUT2D eigenvalue weighted by atomic mass is 9.85. The number of rotatable bonds is 3. The molecule has 2 rings (SSSR count). The monoisotopic (exact) mass is 244 g/mol. The summed E-state index contributed by atoms with van der Waals surface area (Å²) in [6.07, 6.45) is 0.561. The number of piperidine rings is 1. The average molecular weight is 244 g/mol. The molecule has 0 aromatic carbocycles. The topological polar surface area (TPSA) is 24.5 Å². The van der Waals surface area contributed by atoms with Crippen LogP contribution in [0.2, 0.25) is 0 Å². The second-order valence-corrected chi connectivity index (χ2v) is 5.67. The summed E-state index contributed by atoms with van der Waals surface area (Å²) in [5.74, 6) is 0.705. The number of likely N-dealkylation sites (tertiary alicyclic amines) is 1. The Balaban J connectivity index is 1.76. The lowest BCUT2D eigenvalue weighted by Crippen LogP contribution is -2.50. The van der Waals surface area contributed by atoms with Crippen molar-refractivity contribution in [3.8, 4) is 0 Å². The summed E-state index contributed by atoms with van der Waals surface area (Å²) in [5.41, 5.74) is 0. The zero-order valence-corrected chi connectivity index (χ0v) is 11.0. The third-order valence-electron chi connectivity index (χ3n) is 4.00. The third-order valence-corrected chi connectivity index (χ3v) is 4.00. The van der Waals surface area contributed by atoms with Gasteiger partial charge in [0.1, 0.15) is 6.17 Å². The summed E-state index contributed by atoms with van der Waals surface area (Å²) >= 11 is 0. The summed E-state index contributed by atoms with van der Waals surface area (Å²) in [6.45, 7) is 9.36. The molecule has 3 nitrogen and oxygen atoms in total. The van der Waals surface area contributed by atoms with Crippen LogP contribution in [0.15, 0.2) is 0 Å². The maximum absolute atomic E-state index is 14.0. The lowest BCUT2D eigenvalue weighted by Gasteiger charge is -2.38. The van der Waals surface area contributed by atoms with E-state index in [0.717, 1.165) is 39.2 Å². The molecule has 3 unspecified atom stereocenters. The molecule has 2 saturated heterocycles. The van der Waals surface area contributed by atoms with Crippen molar-refractivity contribution in [1.82, 2.24) is 10.2 Å². The van der Waals surface area contributed by atoms with E-state index in [1.165, 1.54) is 0 Å². The van der Waals surface area contributed by atoms with E-state index in [1.807, 2.05) is 0 Å². The van der Waals surface area contributed by atoms with Gasteiger partial charge in [0.05, 0.1) is 12.7 Å². The fourth-order valence-electron chi connectivity index (χ4n) is 2.93. The van der Waals surface area contributed by atoms with Crippen LogP contribution in [0.25, 0.3) is 0 Å². The molecule has 0 saturated carbocycles. The van der Waals surface area contributed by atoms with Gasteiger partial charge in [0.15, 0.2) is 0 Å². The Labute approximate surface area is 104 Å². The summed E-state index contributed by atoms with van der Waals surface area (Å²) in [4.78, 5) is 2.22. The van der Waals surface area contributed by atoms with Gasteiger partial charge < -0.3 is 10.1 Å². The Morgan fingerprint density at radius 1 is 1.47 bits per heavy atom. The Bertz CT molecular complexity index is 231. The highest BCUT2D eigenvalue weighted by Gasteiger charge is 2.32. The molecule has 1 N–H and O–H groups in total. The van der Waals surface area contributed by atoms with Crippen molar-refractivity contribution in [3.05, 3.63) is 0 Å². The molecule has 17 heavy (non-hydrogen) atoms. The van der Waals surface area contributed by atoms with Gasteiger partial charge in [-0.3, -0.25) is 4.90 Å². The number of hydrogen-bond donors (Lipinski definition) is 1. The molecule has 2 fully saturated rings. The van der Waals surface area contributed by atoms with Crippen molar-refractivity contribution in [2.75, 3.05) is 39.3 Å². The molecule has 0 radical (unpaired) electrons. The zero-order valence-electron chi connectivity index (χ0n) is 11.0. The van der Waals surface area contributed by atoms with E-state index in [-0.39, 0.29) is 12.0 Å². The molecule has 2 aliphatic rings. The average Bonchev–Trinajstić information content (AvgIpc) is 2.30. The number of nitrogens with one attached hydrogen (secondary N) is 1. The number of nitrogens with zero attached hydrogens (tertiary/aromatic N) is 1. The summed E-state index contributed by atoms with van der Waals surface area (Å²) in [7, 11) is 0. The molecule has 2 aliphatic heterocycles. The maximum Gasteiger partial charge on any atom is 0.116 e. The van der Waals surface area contributed by atoms with Crippen LogP contribution < -0.4 is 5.32 Å². The minimum atomic E-state index is -0.666. The highest BCUT2D eigenvalue weighted by molar-refractivity contribution is 4.84. The standard InChI is InChI=1S/C13H25FN2O/c1-10(2)12-3-5-16(9-13(12)14)8-11-7-15-4-6-17-11/h10-13,15H,3-9H2,1-2H3. The summed E-state index contributed by atoms with van der Waals surface area (Å²) in [6, 6.07) is 0. The van der Waals surface area contributed by atoms with Gasteiger partial charge in [-0.15, -0.1) is 0 Å². The van der Waals surface area contributed by atoms with Crippen LogP contribution in [0, 0.1) is 11.8 Å². The van der Waals surface area contributed by atoms with Crippen molar-refractivity contribution in [3.63, 3.8) is 0 Å². The van der Waals surface area contributed by atoms with Crippen LogP contribution in [0.5, 0.6) is 0 Å². The van der Waals surface area contributed by atoms with Crippen LogP contribution in [0.4, 0.5) is 4.39 Å². The van der Waals surface area contributed by atoms with Crippen molar-refractivity contribution in [2.45, 2.75) is 32.5 Å². The molecule has 3 atom stereocenters. The molecule has 0 spiro atoms. The van der Waals surface area contributed by atoms with E-state index >= 15 is 0 Å². The maximum atomic E-state index is 14.0. The van der Waals surface area contributed by atoms with Crippen molar-refractivity contribution < 1.29 is 9.13 Å². The van der Waals surface area contributed by atoms with Crippen LogP contribution in [0.1, 0.15) is 20.3 Å². The van der Waals surface area contributed by atoms with E-state index in [0.29, 0.717) is 12.5 Å². The SMILES string of the molecule is CC(C)C1CCN(CC2CNCCO2)CC1F. The summed E-state index contributed by atoms with van der Waals surface area (Å²) in [5, 5.41) is 3.32. The third kappa shape index (κ3) is 3.63. The van der Waals surface area contributed by atoms with Crippen LogP contribution in [-0.4, -0.2) is 56.5 Å². The Hall–Kier alpha value is -0.190. The molecule has 0 bridgehead atoms. The number of morpholine rings is 1. The van der Waals surface area contributed by atoms with Gasteiger partial charge in [0, 0.05) is 26.2 Å². The molecule has 2 heterocycles. The molecule has 4 heteroatoms. The number of halogens is 1. The fourth-order valence-corrected chi connectivity index (χ4v) is 2.93. The smallest absolute Gasteiger partial charge is 0.116 e. The molecule has 0 aromatic rings. The van der Waals surface area contributed by atoms with Gasteiger partial charge in [-0.25, -0.2) is 4.39 Å². The molecular weight excluding hydrogens is 219 g/mol. The van der Waals surface area contributed by atoms with Gasteiger partial charge in [0.2, 0.25) is 0 Å². The first-order chi connectivity index (χ1) is 8.16. The van der Waals surface area contributed by atoms with Gasteiger partial charge in [-0.2, -0.15) is 0 Å². The van der Waals surface area contributed by atoms with Crippen LogP contribution in [0.3, 0.4) is 0 Å². The van der Waals surface area contributed by atoms with E-state index in [4.69, 9.17) is 4.74 Å². The van der Waals surface area contributed by atoms with Gasteiger partial charge >= 0.3 is 0 Å². The molecule has 0 aliphatic carbocycles. The fraction of sp³-hybridized carbons (Fsp3) is 1.00. The van der Waals surface area contributed by atoms with Crippen molar-refractivity contribution in [2.24, 2.45) is 11.8 Å². The van der Waals surface area contributed by atoms with Crippen molar-refractivity contribution >= 4 is 0 Å². The predicted octanol–water partition coefficient (Wildman–Crippen LogP) is 1.29. The number of ether oxygens (including phenoxy) is 1. The van der Waals surface area contributed by atoms with E-state index in [2.05, 4.69) is 24.1 Å². The number of alkyl halides is 1. The zero-order chi connectivity index (χ0) is 12.3. The van der Waals surface area contributed by atoms with E-state index < -0.39 is 6.17 Å². The first-order valence-corrected chi connectivity index (χ1v) is 6.85. The van der Waals surface area contributed by atoms with Gasteiger partial charge in [0.25, 0.3) is 0 Å².